The van der Waals surface area contributed by atoms with Crippen molar-refractivity contribution in [2.24, 2.45) is 5.10 Å². The van der Waals surface area contributed by atoms with E-state index in [0.717, 1.165) is 4.88 Å². The topological polar surface area (TPSA) is 54.6 Å². The molecule has 0 aromatic carbocycles. The smallest absolute Gasteiger partial charge is 0.274 e. The van der Waals surface area contributed by atoms with E-state index in [2.05, 4.69) is 10.5 Å². The average molecular weight is 234 g/mol. The summed E-state index contributed by atoms with van der Waals surface area (Å²) in [5.41, 5.74) is 2.94. The molecule has 0 spiro atoms. The molecular weight excluding hydrogens is 224 g/mol. The van der Waals surface area contributed by atoms with Crippen LogP contribution in [-0.4, -0.2) is 12.1 Å². The van der Waals surface area contributed by atoms with Gasteiger partial charge in [-0.15, -0.1) is 11.3 Å². The van der Waals surface area contributed by atoms with Crippen LogP contribution in [0.3, 0.4) is 0 Å². The number of nitrogens with zero attached hydrogens (tertiary/aromatic N) is 1. The number of aryl methyl sites for hydroxylation is 1. The summed E-state index contributed by atoms with van der Waals surface area (Å²) < 4.78 is 5.03. The number of hydrazone groups is 1. The molecule has 0 atom stereocenters. The Labute approximate surface area is 96.6 Å². The Balaban J connectivity index is 1.97. The molecule has 1 amide bonds. The fourth-order valence-corrected chi connectivity index (χ4v) is 1.78. The highest BCUT2D eigenvalue weighted by molar-refractivity contribution is 7.11. The fourth-order valence-electron chi connectivity index (χ4n) is 1.20. The Morgan fingerprint density at radius 2 is 2.44 bits per heavy atom. The van der Waals surface area contributed by atoms with Gasteiger partial charge >= 0.3 is 0 Å². The zero-order chi connectivity index (χ0) is 11.4. The molecule has 0 aliphatic carbocycles. The molecule has 0 saturated carbocycles. The number of hydrogen-bond donors (Lipinski definition) is 1. The van der Waals surface area contributed by atoms with Gasteiger partial charge in [0.15, 0.2) is 0 Å². The second-order valence-corrected chi connectivity index (χ2v) is 4.08. The fraction of sp³-hybridized carbons (Fsp3) is 0.0909. The third-order valence-corrected chi connectivity index (χ3v) is 2.81. The van der Waals surface area contributed by atoms with Crippen LogP contribution in [-0.2, 0) is 0 Å². The van der Waals surface area contributed by atoms with Gasteiger partial charge in [-0.05, 0) is 24.4 Å². The van der Waals surface area contributed by atoms with E-state index < -0.39 is 0 Å². The molecule has 1 N–H and O–H groups in total. The van der Waals surface area contributed by atoms with Crippen molar-refractivity contribution in [3.05, 3.63) is 46.0 Å². The lowest BCUT2D eigenvalue weighted by atomic mass is 10.2. The Morgan fingerprint density at radius 1 is 1.56 bits per heavy atom. The maximum absolute atomic E-state index is 11.6. The minimum atomic E-state index is -0.265. The molecule has 2 aromatic heterocycles. The molecule has 0 radical (unpaired) electrons. The number of carbonyl (C=O) groups is 1. The summed E-state index contributed by atoms with van der Waals surface area (Å²) in [5.74, 6) is 0.322. The SMILES string of the molecule is Cc1occc1C(=O)N/N=C/c1cccs1. The summed E-state index contributed by atoms with van der Waals surface area (Å²) in [4.78, 5) is 12.6. The predicted molar refractivity (Wildman–Crippen MR) is 62.8 cm³/mol. The average Bonchev–Trinajstić information content (AvgIpc) is 2.88. The van der Waals surface area contributed by atoms with Crippen LogP contribution in [0.25, 0.3) is 0 Å². The highest BCUT2D eigenvalue weighted by Crippen LogP contribution is 2.08. The van der Waals surface area contributed by atoms with Gasteiger partial charge in [-0.25, -0.2) is 5.43 Å². The van der Waals surface area contributed by atoms with Gasteiger partial charge < -0.3 is 4.42 Å². The molecule has 16 heavy (non-hydrogen) atoms. The van der Waals surface area contributed by atoms with E-state index in [1.165, 1.54) is 6.26 Å². The van der Waals surface area contributed by atoms with Crippen molar-refractivity contribution in [2.75, 3.05) is 0 Å². The second kappa shape index (κ2) is 4.76. The van der Waals surface area contributed by atoms with Crippen molar-refractivity contribution in [1.82, 2.24) is 5.43 Å². The predicted octanol–water partition coefficient (Wildman–Crippen LogP) is 2.41. The van der Waals surface area contributed by atoms with E-state index in [1.807, 2.05) is 17.5 Å². The lowest BCUT2D eigenvalue weighted by Crippen LogP contribution is -2.17. The van der Waals surface area contributed by atoms with Gasteiger partial charge in [0.05, 0.1) is 18.0 Å². The zero-order valence-corrected chi connectivity index (χ0v) is 9.45. The Morgan fingerprint density at radius 3 is 3.06 bits per heavy atom. The van der Waals surface area contributed by atoms with Crippen LogP contribution in [0.1, 0.15) is 21.0 Å². The van der Waals surface area contributed by atoms with E-state index >= 15 is 0 Å². The number of amides is 1. The molecule has 0 aliphatic heterocycles. The van der Waals surface area contributed by atoms with Crippen molar-refractivity contribution in [3.63, 3.8) is 0 Å². The number of furan rings is 1. The summed E-state index contributed by atoms with van der Waals surface area (Å²) in [7, 11) is 0. The van der Waals surface area contributed by atoms with Gasteiger partial charge in [-0.1, -0.05) is 6.07 Å². The van der Waals surface area contributed by atoms with E-state index in [1.54, 1.807) is 30.5 Å². The molecule has 0 saturated heterocycles. The summed E-state index contributed by atoms with van der Waals surface area (Å²) >= 11 is 1.56. The first-order chi connectivity index (χ1) is 7.77. The molecular formula is C11H10N2O2S. The van der Waals surface area contributed by atoms with Crippen molar-refractivity contribution in [3.8, 4) is 0 Å². The largest absolute Gasteiger partial charge is 0.469 e. The summed E-state index contributed by atoms with van der Waals surface area (Å²) in [6.45, 7) is 1.73. The van der Waals surface area contributed by atoms with Crippen molar-refractivity contribution >= 4 is 23.5 Å². The van der Waals surface area contributed by atoms with Crippen LogP contribution < -0.4 is 5.43 Å². The van der Waals surface area contributed by atoms with Crippen molar-refractivity contribution in [2.45, 2.75) is 6.92 Å². The van der Waals surface area contributed by atoms with Gasteiger partial charge in [-0.2, -0.15) is 5.10 Å². The molecule has 0 fully saturated rings. The van der Waals surface area contributed by atoms with Crippen LogP contribution >= 0.6 is 11.3 Å². The standard InChI is InChI=1S/C11H10N2O2S/c1-8-10(4-5-15-8)11(14)13-12-7-9-3-2-6-16-9/h2-7H,1H3,(H,13,14)/b12-7+. The lowest BCUT2D eigenvalue weighted by molar-refractivity contribution is 0.0953. The minimum Gasteiger partial charge on any atom is -0.469 e. The highest BCUT2D eigenvalue weighted by Gasteiger charge is 2.09. The molecule has 0 aliphatic rings. The van der Waals surface area contributed by atoms with Crippen LogP contribution in [0.2, 0.25) is 0 Å². The van der Waals surface area contributed by atoms with E-state index in [4.69, 9.17) is 4.42 Å². The number of hydrogen-bond acceptors (Lipinski definition) is 4. The molecule has 4 nitrogen and oxygen atoms in total. The van der Waals surface area contributed by atoms with Crippen LogP contribution in [0.15, 0.2) is 39.4 Å². The Kier molecular flexibility index (Phi) is 3.16. The Bertz CT molecular complexity index is 500. The van der Waals surface area contributed by atoms with Gasteiger partial charge in [0, 0.05) is 4.88 Å². The van der Waals surface area contributed by atoms with Crippen LogP contribution in [0.4, 0.5) is 0 Å². The molecule has 2 heterocycles. The third kappa shape index (κ3) is 2.38. The highest BCUT2D eigenvalue weighted by atomic mass is 32.1. The normalized spacial score (nSPS) is 10.8. The van der Waals surface area contributed by atoms with Crippen molar-refractivity contribution < 1.29 is 9.21 Å². The van der Waals surface area contributed by atoms with Gasteiger partial charge in [0.2, 0.25) is 0 Å². The molecule has 2 aromatic rings. The number of nitrogens with one attached hydrogen (secondary N) is 1. The monoisotopic (exact) mass is 234 g/mol. The number of thiophene rings is 1. The molecule has 5 heteroatoms. The van der Waals surface area contributed by atoms with Gasteiger partial charge in [-0.3, -0.25) is 4.79 Å². The van der Waals surface area contributed by atoms with E-state index in [0.29, 0.717) is 11.3 Å². The molecule has 82 valence electrons. The van der Waals surface area contributed by atoms with Crippen molar-refractivity contribution in [1.29, 1.82) is 0 Å². The molecule has 2 rings (SSSR count). The first-order valence-electron chi connectivity index (χ1n) is 4.68. The first-order valence-corrected chi connectivity index (χ1v) is 5.56. The minimum absolute atomic E-state index is 0.265. The Hall–Kier alpha value is -1.88. The van der Waals surface area contributed by atoms with Crippen LogP contribution in [0, 0.1) is 6.92 Å². The lowest BCUT2D eigenvalue weighted by Gasteiger charge is -1.96. The summed E-state index contributed by atoms with van der Waals surface area (Å²) in [5, 5.41) is 5.80. The quantitative estimate of drug-likeness (QED) is 0.655. The third-order valence-electron chi connectivity index (χ3n) is 2.00. The second-order valence-electron chi connectivity index (χ2n) is 3.11. The van der Waals surface area contributed by atoms with Crippen LogP contribution in [0.5, 0.6) is 0 Å². The molecule has 0 unspecified atom stereocenters. The number of rotatable bonds is 3. The van der Waals surface area contributed by atoms with E-state index in [-0.39, 0.29) is 5.91 Å². The zero-order valence-electron chi connectivity index (χ0n) is 8.64. The maximum Gasteiger partial charge on any atom is 0.274 e. The van der Waals surface area contributed by atoms with E-state index in [9.17, 15) is 4.79 Å². The summed E-state index contributed by atoms with van der Waals surface area (Å²) in [6.07, 6.45) is 3.09. The number of carbonyl (C=O) groups excluding carboxylic acids is 1. The maximum atomic E-state index is 11.6. The first kappa shape index (κ1) is 10.6. The van der Waals surface area contributed by atoms with Gasteiger partial charge in [0.1, 0.15) is 5.76 Å². The molecule has 0 bridgehead atoms. The summed E-state index contributed by atoms with van der Waals surface area (Å²) in [6, 6.07) is 5.46. The van der Waals surface area contributed by atoms with Gasteiger partial charge in [0.25, 0.3) is 5.91 Å².